The van der Waals surface area contributed by atoms with Crippen molar-refractivity contribution in [3.05, 3.63) is 48.6 Å². The third-order valence-electron chi connectivity index (χ3n) is 6.55. The lowest BCUT2D eigenvalue weighted by Crippen LogP contribution is -2.45. The van der Waals surface area contributed by atoms with E-state index in [0.717, 1.165) is 61.2 Å². The maximum Gasteiger partial charge on any atom is 0.247 e. The number of fused-ring (bicyclic) bond motifs is 1. The fraction of sp³-hybridized carbons (Fsp3) is 0.423. The number of carbonyl (C=O) groups is 2. The van der Waals surface area contributed by atoms with E-state index in [1.807, 2.05) is 36.1 Å². The van der Waals surface area contributed by atoms with Crippen LogP contribution in [-0.2, 0) is 9.59 Å². The van der Waals surface area contributed by atoms with E-state index in [4.69, 9.17) is 9.41 Å². The van der Waals surface area contributed by atoms with Gasteiger partial charge < -0.3 is 24.9 Å². The minimum Gasteiger partial charge on any atom is -0.461 e. The van der Waals surface area contributed by atoms with Crippen molar-refractivity contribution in [2.45, 2.75) is 45.1 Å². The van der Waals surface area contributed by atoms with E-state index < -0.39 is 6.04 Å². The largest absolute Gasteiger partial charge is 0.461 e. The summed E-state index contributed by atoms with van der Waals surface area (Å²) in [5.41, 5.74) is 1.60. The molecular weight excluding hydrogens is 458 g/mol. The predicted molar refractivity (Wildman–Crippen MR) is 138 cm³/mol. The number of likely N-dealkylation sites (tertiary alicyclic amines) is 2. The number of anilines is 2. The van der Waals surface area contributed by atoms with E-state index in [0.29, 0.717) is 24.7 Å². The maximum absolute atomic E-state index is 13.5. The first-order chi connectivity index (χ1) is 17.5. The van der Waals surface area contributed by atoms with Crippen molar-refractivity contribution in [2.75, 3.05) is 36.8 Å². The van der Waals surface area contributed by atoms with Gasteiger partial charge in [-0.3, -0.25) is 9.59 Å². The SMILES string of the molecule is Cc1cc2cc(NC(=NC3CCCCN(CC(=O)N4CCCC4)C3=O)Nc3ccncn3)ccc2o1. The summed E-state index contributed by atoms with van der Waals surface area (Å²) >= 11 is 0. The Hall–Kier alpha value is -3.95. The van der Waals surface area contributed by atoms with Crippen LogP contribution in [0.4, 0.5) is 11.5 Å². The number of aromatic nitrogens is 2. The number of aryl methyl sites for hydroxylation is 1. The van der Waals surface area contributed by atoms with Crippen LogP contribution in [0.15, 0.2) is 52.3 Å². The highest BCUT2D eigenvalue weighted by atomic mass is 16.3. The van der Waals surface area contributed by atoms with Gasteiger partial charge in [-0.25, -0.2) is 15.0 Å². The fourth-order valence-electron chi connectivity index (χ4n) is 4.72. The molecule has 2 fully saturated rings. The standard InChI is InChI=1S/C26H31N7O3/c1-18-14-19-15-20(7-8-22(19)36-18)29-26(31-23-9-10-27-17-28-23)30-21-6-2-3-13-33(25(21)35)16-24(34)32-11-4-5-12-32/h7-10,14-15,17,21H,2-6,11-13,16H2,1H3,(H2,27,28,29,30,31). The lowest BCUT2D eigenvalue weighted by Gasteiger charge is -2.25. The number of hydrogen-bond donors (Lipinski definition) is 2. The Labute approximate surface area is 209 Å². The Bertz CT molecular complexity index is 1250. The zero-order chi connectivity index (χ0) is 24.9. The minimum atomic E-state index is -0.601. The van der Waals surface area contributed by atoms with E-state index in [1.54, 1.807) is 17.2 Å². The van der Waals surface area contributed by atoms with Crippen molar-refractivity contribution in [1.82, 2.24) is 19.8 Å². The van der Waals surface area contributed by atoms with Gasteiger partial charge in [0.25, 0.3) is 0 Å². The number of rotatable bonds is 5. The second kappa shape index (κ2) is 10.8. The highest BCUT2D eigenvalue weighted by Gasteiger charge is 2.30. The van der Waals surface area contributed by atoms with Gasteiger partial charge in [0, 0.05) is 36.9 Å². The molecule has 0 aliphatic carbocycles. The molecule has 10 nitrogen and oxygen atoms in total. The van der Waals surface area contributed by atoms with Crippen molar-refractivity contribution in [3.63, 3.8) is 0 Å². The lowest BCUT2D eigenvalue weighted by atomic mass is 10.1. The number of furan rings is 1. The molecule has 36 heavy (non-hydrogen) atoms. The number of carbonyl (C=O) groups excluding carboxylic acids is 2. The Morgan fingerprint density at radius 2 is 1.94 bits per heavy atom. The quantitative estimate of drug-likeness (QED) is 0.417. The van der Waals surface area contributed by atoms with Crippen molar-refractivity contribution in [3.8, 4) is 0 Å². The molecule has 2 amide bonds. The van der Waals surface area contributed by atoms with Crippen molar-refractivity contribution >= 4 is 40.2 Å². The number of benzene rings is 1. The monoisotopic (exact) mass is 489 g/mol. The Morgan fingerprint density at radius 3 is 2.75 bits per heavy atom. The molecule has 0 radical (unpaired) electrons. The number of guanidine groups is 1. The molecule has 0 bridgehead atoms. The summed E-state index contributed by atoms with van der Waals surface area (Å²) in [5.74, 6) is 1.69. The first-order valence-electron chi connectivity index (χ1n) is 12.5. The molecule has 4 heterocycles. The highest BCUT2D eigenvalue weighted by molar-refractivity contribution is 6.05. The number of nitrogens with zero attached hydrogens (tertiary/aromatic N) is 5. The lowest BCUT2D eigenvalue weighted by molar-refractivity contribution is -0.140. The van der Waals surface area contributed by atoms with Gasteiger partial charge >= 0.3 is 0 Å². The first kappa shape index (κ1) is 23.8. The summed E-state index contributed by atoms with van der Waals surface area (Å²) in [4.78, 5) is 42.7. The van der Waals surface area contributed by atoms with Crippen LogP contribution in [-0.4, -0.2) is 69.8 Å². The van der Waals surface area contributed by atoms with Crippen LogP contribution in [0.5, 0.6) is 0 Å². The van der Waals surface area contributed by atoms with Crippen LogP contribution in [0.3, 0.4) is 0 Å². The zero-order valence-electron chi connectivity index (χ0n) is 20.4. The van der Waals surface area contributed by atoms with Gasteiger partial charge in [0.05, 0.1) is 6.54 Å². The Kier molecular flexibility index (Phi) is 7.11. The minimum absolute atomic E-state index is 0.0200. The van der Waals surface area contributed by atoms with Crippen molar-refractivity contribution < 1.29 is 14.0 Å². The second-order valence-corrected chi connectivity index (χ2v) is 9.29. The number of aliphatic imine (C=N–C) groups is 1. The Balaban J connectivity index is 1.38. The van der Waals surface area contributed by atoms with E-state index in [2.05, 4.69) is 20.6 Å². The van der Waals surface area contributed by atoms with Gasteiger partial charge in [-0.1, -0.05) is 0 Å². The molecule has 1 atom stereocenters. The maximum atomic E-state index is 13.5. The van der Waals surface area contributed by atoms with Crippen LogP contribution < -0.4 is 10.6 Å². The van der Waals surface area contributed by atoms with E-state index >= 15 is 0 Å². The van der Waals surface area contributed by atoms with Crippen LogP contribution in [0.2, 0.25) is 0 Å². The van der Waals surface area contributed by atoms with Crippen LogP contribution >= 0.6 is 0 Å². The van der Waals surface area contributed by atoms with E-state index in [1.165, 1.54) is 6.33 Å². The third kappa shape index (κ3) is 5.64. The second-order valence-electron chi connectivity index (χ2n) is 9.29. The molecule has 2 aliphatic rings. The number of hydrogen-bond acceptors (Lipinski definition) is 6. The zero-order valence-corrected chi connectivity index (χ0v) is 20.4. The molecule has 0 saturated carbocycles. The third-order valence-corrected chi connectivity index (χ3v) is 6.55. The van der Waals surface area contributed by atoms with Gasteiger partial charge in [0.2, 0.25) is 17.8 Å². The molecule has 2 saturated heterocycles. The Morgan fingerprint density at radius 1 is 1.11 bits per heavy atom. The molecule has 2 aromatic heterocycles. The first-order valence-corrected chi connectivity index (χ1v) is 12.5. The van der Waals surface area contributed by atoms with Gasteiger partial charge in [0.1, 0.15) is 29.5 Å². The molecule has 10 heteroatoms. The van der Waals surface area contributed by atoms with Crippen LogP contribution in [0.1, 0.15) is 37.9 Å². The number of amides is 2. The summed E-state index contributed by atoms with van der Waals surface area (Å²) in [6.07, 6.45) is 7.46. The van der Waals surface area contributed by atoms with Crippen LogP contribution in [0, 0.1) is 6.92 Å². The molecule has 1 unspecified atom stereocenters. The van der Waals surface area contributed by atoms with E-state index in [9.17, 15) is 9.59 Å². The van der Waals surface area contributed by atoms with E-state index in [-0.39, 0.29) is 18.4 Å². The molecule has 1 aromatic carbocycles. The van der Waals surface area contributed by atoms with Crippen molar-refractivity contribution in [2.24, 2.45) is 4.99 Å². The predicted octanol–water partition coefficient (Wildman–Crippen LogP) is 3.41. The molecule has 188 valence electrons. The average molecular weight is 490 g/mol. The van der Waals surface area contributed by atoms with Gasteiger partial charge in [-0.15, -0.1) is 0 Å². The normalized spacial score (nSPS) is 19.0. The smallest absolute Gasteiger partial charge is 0.247 e. The summed E-state index contributed by atoms with van der Waals surface area (Å²) in [6, 6.07) is 8.87. The summed E-state index contributed by atoms with van der Waals surface area (Å²) in [7, 11) is 0. The molecule has 2 N–H and O–H groups in total. The van der Waals surface area contributed by atoms with Gasteiger partial charge in [-0.2, -0.15) is 0 Å². The summed E-state index contributed by atoms with van der Waals surface area (Å²) in [5, 5.41) is 7.46. The summed E-state index contributed by atoms with van der Waals surface area (Å²) < 4.78 is 5.68. The van der Waals surface area contributed by atoms with Crippen LogP contribution in [0.25, 0.3) is 11.0 Å². The van der Waals surface area contributed by atoms with Gasteiger partial charge in [0.15, 0.2) is 0 Å². The van der Waals surface area contributed by atoms with Gasteiger partial charge in [-0.05, 0) is 69.4 Å². The number of nitrogens with one attached hydrogen (secondary N) is 2. The fourth-order valence-corrected chi connectivity index (χ4v) is 4.72. The average Bonchev–Trinajstić information content (AvgIpc) is 3.50. The highest BCUT2D eigenvalue weighted by Crippen LogP contribution is 2.23. The molecule has 3 aromatic rings. The molecular formula is C26H31N7O3. The molecule has 2 aliphatic heterocycles. The summed E-state index contributed by atoms with van der Waals surface area (Å²) in [6.45, 7) is 4.15. The molecule has 5 rings (SSSR count). The topological polar surface area (TPSA) is 116 Å². The van der Waals surface area contributed by atoms with Crippen molar-refractivity contribution in [1.29, 1.82) is 0 Å². The molecule has 0 spiro atoms.